The number of benzene rings is 2. The van der Waals surface area contributed by atoms with E-state index in [-0.39, 0.29) is 17.5 Å². The van der Waals surface area contributed by atoms with Crippen molar-refractivity contribution in [3.8, 4) is 11.5 Å². The largest absolute Gasteiger partial charge is 0.508 e. The Morgan fingerprint density at radius 1 is 1.10 bits per heavy atom. The normalized spacial score (nSPS) is 12.2. The van der Waals surface area contributed by atoms with Crippen LogP contribution in [0.15, 0.2) is 54.9 Å². The van der Waals surface area contributed by atoms with E-state index in [2.05, 4.69) is 10.3 Å². The van der Waals surface area contributed by atoms with Crippen molar-refractivity contribution in [2.75, 3.05) is 5.32 Å². The van der Waals surface area contributed by atoms with Gasteiger partial charge in [0, 0.05) is 40.5 Å². The molecule has 0 saturated heterocycles. The lowest BCUT2D eigenvalue weighted by atomic mass is 10.1. The number of fused-ring (bicyclic) bond motifs is 1. The van der Waals surface area contributed by atoms with E-state index in [1.165, 1.54) is 6.07 Å². The van der Waals surface area contributed by atoms with E-state index in [1.807, 2.05) is 37.4 Å². The molecule has 3 N–H and O–H groups in total. The van der Waals surface area contributed by atoms with E-state index in [0.29, 0.717) is 0 Å². The number of pyridine rings is 1. The highest BCUT2D eigenvalue weighted by atomic mass is 16.3. The lowest BCUT2D eigenvalue weighted by molar-refractivity contribution is 0.444. The minimum atomic E-state index is -0.0932. The van der Waals surface area contributed by atoms with Crippen LogP contribution in [-0.4, -0.2) is 15.2 Å². The molecule has 1 unspecified atom stereocenters. The van der Waals surface area contributed by atoms with Crippen LogP contribution in [-0.2, 0) is 0 Å². The minimum absolute atomic E-state index is 0.0553. The second-order valence-electron chi connectivity index (χ2n) is 5.01. The number of nitrogens with one attached hydrogen (secondary N) is 1. The van der Waals surface area contributed by atoms with Gasteiger partial charge in [0.05, 0.1) is 6.04 Å². The fourth-order valence-corrected chi connectivity index (χ4v) is 2.46. The average Bonchev–Trinajstić information content (AvgIpc) is 2.47. The highest BCUT2D eigenvalue weighted by Gasteiger charge is 2.12. The van der Waals surface area contributed by atoms with Gasteiger partial charge in [-0.25, -0.2) is 0 Å². The number of phenolic OH excluding ortho intramolecular Hbond substituents is 2. The highest BCUT2D eigenvalue weighted by Crippen LogP contribution is 2.31. The smallest absolute Gasteiger partial charge is 0.124 e. The Hall–Kier alpha value is -2.75. The van der Waals surface area contributed by atoms with E-state index >= 15 is 0 Å². The lowest BCUT2D eigenvalue weighted by Gasteiger charge is -2.18. The maximum Gasteiger partial charge on any atom is 0.124 e. The van der Waals surface area contributed by atoms with Gasteiger partial charge >= 0.3 is 0 Å². The third kappa shape index (κ3) is 2.60. The van der Waals surface area contributed by atoms with Crippen LogP contribution >= 0.6 is 0 Å². The number of anilines is 1. The Kier molecular flexibility index (Phi) is 3.36. The van der Waals surface area contributed by atoms with Crippen molar-refractivity contribution >= 4 is 16.5 Å². The van der Waals surface area contributed by atoms with Gasteiger partial charge in [-0.2, -0.15) is 0 Å². The van der Waals surface area contributed by atoms with Gasteiger partial charge in [0.1, 0.15) is 11.5 Å². The van der Waals surface area contributed by atoms with Gasteiger partial charge in [0.25, 0.3) is 0 Å². The van der Waals surface area contributed by atoms with E-state index in [0.717, 1.165) is 22.0 Å². The van der Waals surface area contributed by atoms with Crippen LogP contribution in [0.4, 0.5) is 5.69 Å². The van der Waals surface area contributed by atoms with Gasteiger partial charge in [-0.05, 0) is 31.2 Å². The molecule has 1 atom stereocenters. The van der Waals surface area contributed by atoms with Crippen molar-refractivity contribution in [1.82, 2.24) is 4.98 Å². The fourth-order valence-electron chi connectivity index (χ4n) is 2.46. The number of rotatable bonds is 3. The summed E-state index contributed by atoms with van der Waals surface area (Å²) in [5.74, 6) is 0.136. The van der Waals surface area contributed by atoms with Crippen LogP contribution in [0.2, 0.25) is 0 Å². The topological polar surface area (TPSA) is 65.4 Å². The zero-order valence-electron chi connectivity index (χ0n) is 11.6. The molecule has 0 spiro atoms. The summed E-state index contributed by atoms with van der Waals surface area (Å²) < 4.78 is 0. The first-order valence-electron chi connectivity index (χ1n) is 6.76. The third-order valence-electron chi connectivity index (χ3n) is 3.53. The maximum atomic E-state index is 9.94. The summed E-state index contributed by atoms with van der Waals surface area (Å²) >= 11 is 0. The van der Waals surface area contributed by atoms with Crippen molar-refractivity contribution in [3.05, 3.63) is 60.4 Å². The molecule has 4 nitrogen and oxygen atoms in total. The first kappa shape index (κ1) is 13.2. The Morgan fingerprint density at radius 3 is 2.76 bits per heavy atom. The monoisotopic (exact) mass is 280 g/mol. The van der Waals surface area contributed by atoms with Crippen LogP contribution < -0.4 is 5.32 Å². The van der Waals surface area contributed by atoms with Crippen LogP contribution in [0.3, 0.4) is 0 Å². The molecule has 0 aliphatic heterocycles. The summed E-state index contributed by atoms with van der Waals surface area (Å²) in [7, 11) is 0. The maximum absolute atomic E-state index is 9.94. The molecule has 0 bridgehead atoms. The molecule has 1 aromatic heterocycles. The molecule has 3 aromatic rings. The molecule has 0 aliphatic rings. The fraction of sp³-hybridized carbons (Fsp3) is 0.118. The molecule has 0 radical (unpaired) electrons. The van der Waals surface area contributed by atoms with E-state index < -0.39 is 0 Å². The predicted octanol–water partition coefficient (Wildman–Crippen LogP) is 3.82. The van der Waals surface area contributed by atoms with Crippen molar-refractivity contribution in [1.29, 1.82) is 0 Å². The lowest BCUT2D eigenvalue weighted by Crippen LogP contribution is -2.07. The van der Waals surface area contributed by atoms with E-state index in [1.54, 1.807) is 18.3 Å². The standard InChI is InChI=1S/C17H16N2O2/c1-11(14-6-5-13(20)9-17(14)21)19-16-4-2-3-12-10-18-8-7-15(12)16/h2-11,19-21H,1H3. The molecule has 0 amide bonds. The Balaban J connectivity index is 1.94. The predicted molar refractivity (Wildman–Crippen MR) is 83.6 cm³/mol. The second-order valence-corrected chi connectivity index (χ2v) is 5.01. The molecule has 0 fully saturated rings. The van der Waals surface area contributed by atoms with Crippen LogP contribution in [0.25, 0.3) is 10.8 Å². The number of aromatic hydroxyl groups is 2. The SMILES string of the molecule is CC(Nc1cccc2cnccc12)c1ccc(O)cc1O. The zero-order valence-corrected chi connectivity index (χ0v) is 11.6. The third-order valence-corrected chi connectivity index (χ3v) is 3.53. The van der Waals surface area contributed by atoms with Crippen molar-refractivity contribution in [3.63, 3.8) is 0 Å². The van der Waals surface area contributed by atoms with Gasteiger partial charge in [0.2, 0.25) is 0 Å². The van der Waals surface area contributed by atoms with Crippen LogP contribution in [0.5, 0.6) is 11.5 Å². The number of phenols is 2. The second kappa shape index (κ2) is 5.32. The Morgan fingerprint density at radius 2 is 1.95 bits per heavy atom. The van der Waals surface area contributed by atoms with Gasteiger partial charge < -0.3 is 15.5 Å². The summed E-state index contributed by atoms with van der Waals surface area (Å²) in [4.78, 5) is 4.12. The van der Waals surface area contributed by atoms with Crippen molar-refractivity contribution < 1.29 is 10.2 Å². The molecule has 106 valence electrons. The van der Waals surface area contributed by atoms with Crippen molar-refractivity contribution in [2.24, 2.45) is 0 Å². The molecule has 0 aliphatic carbocycles. The zero-order chi connectivity index (χ0) is 14.8. The van der Waals surface area contributed by atoms with Crippen molar-refractivity contribution in [2.45, 2.75) is 13.0 Å². The highest BCUT2D eigenvalue weighted by molar-refractivity contribution is 5.93. The molecule has 4 heteroatoms. The quantitative estimate of drug-likeness (QED) is 0.682. The summed E-state index contributed by atoms with van der Waals surface area (Å²) in [6.07, 6.45) is 3.58. The molecular formula is C17H16N2O2. The van der Waals surface area contributed by atoms with Gasteiger partial charge in [-0.15, -0.1) is 0 Å². The first-order chi connectivity index (χ1) is 10.1. The molecule has 2 aromatic carbocycles. The Bertz CT molecular complexity index is 781. The van der Waals surface area contributed by atoms with Crippen LogP contribution in [0, 0.1) is 0 Å². The summed E-state index contributed by atoms with van der Waals surface area (Å²) in [6.45, 7) is 1.96. The minimum Gasteiger partial charge on any atom is -0.508 e. The number of hydrogen-bond acceptors (Lipinski definition) is 4. The molecular weight excluding hydrogens is 264 g/mol. The van der Waals surface area contributed by atoms with Gasteiger partial charge in [-0.1, -0.05) is 12.1 Å². The Labute approximate surface area is 122 Å². The summed E-state index contributed by atoms with van der Waals surface area (Å²) in [5.41, 5.74) is 1.72. The molecule has 21 heavy (non-hydrogen) atoms. The molecule has 0 saturated carbocycles. The molecule has 3 rings (SSSR count). The summed E-state index contributed by atoms with van der Waals surface area (Å²) in [6, 6.07) is 12.5. The van der Waals surface area contributed by atoms with Crippen LogP contribution in [0.1, 0.15) is 18.5 Å². The number of hydrogen-bond donors (Lipinski definition) is 3. The van der Waals surface area contributed by atoms with Gasteiger partial charge in [0.15, 0.2) is 0 Å². The molecule has 1 heterocycles. The van der Waals surface area contributed by atoms with E-state index in [9.17, 15) is 10.2 Å². The van der Waals surface area contributed by atoms with Gasteiger partial charge in [-0.3, -0.25) is 4.98 Å². The average molecular weight is 280 g/mol. The summed E-state index contributed by atoms with van der Waals surface area (Å²) in [5, 5.41) is 24.8. The number of nitrogens with zero attached hydrogens (tertiary/aromatic N) is 1. The first-order valence-corrected chi connectivity index (χ1v) is 6.76. The number of aromatic nitrogens is 1. The van der Waals surface area contributed by atoms with E-state index in [4.69, 9.17) is 0 Å².